The molecule has 1 fully saturated rings. The average molecular weight is 410 g/mol. The molecule has 1 aromatic carbocycles. The Balaban J connectivity index is 1.91. The molecular weight excluding hydrogens is 378 g/mol. The van der Waals surface area contributed by atoms with Crippen LogP contribution in [0.2, 0.25) is 0 Å². The van der Waals surface area contributed by atoms with Crippen LogP contribution in [0.1, 0.15) is 45.1 Å². The zero-order chi connectivity index (χ0) is 20.9. The van der Waals surface area contributed by atoms with Crippen LogP contribution in [-0.2, 0) is 15.8 Å². The van der Waals surface area contributed by atoms with Crippen LogP contribution in [0, 0.1) is 12.3 Å². The van der Waals surface area contributed by atoms with Crippen LogP contribution < -0.4 is 0 Å². The van der Waals surface area contributed by atoms with Gasteiger partial charge in [-0.25, -0.2) is 8.51 Å². The fourth-order valence-corrected chi connectivity index (χ4v) is 5.61. The van der Waals surface area contributed by atoms with E-state index in [1.165, 1.54) is 16.7 Å². The number of piperidine rings is 1. The Labute approximate surface area is 177 Å². The summed E-state index contributed by atoms with van der Waals surface area (Å²) in [5, 5.41) is 0. The highest BCUT2D eigenvalue weighted by Gasteiger charge is 2.43. The molecule has 4 heteroatoms. The minimum atomic E-state index is -1.18. The maximum absolute atomic E-state index is 13.3. The summed E-state index contributed by atoms with van der Waals surface area (Å²) in [5.41, 5.74) is 3.52. The maximum atomic E-state index is 13.3. The summed E-state index contributed by atoms with van der Waals surface area (Å²) in [6.07, 6.45) is 15.4. The highest BCUT2D eigenvalue weighted by atomic mass is 32.2. The monoisotopic (exact) mass is 409 g/mol. The molecular formula is C25H31NO2S. The van der Waals surface area contributed by atoms with Gasteiger partial charge in [-0.1, -0.05) is 53.6 Å². The number of ketones is 1. The number of nitrogens with zero attached hydrogens (tertiary/aromatic N) is 1. The molecule has 0 saturated carbocycles. The van der Waals surface area contributed by atoms with Crippen LogP contribution in [0.3, 0.4) is 0 Å². The third-order valence-corrected chi connectivity index (χ3v) is 7.32. The SMILES string of the molecule is C\C=C/C=C(\C=C/C)CC12CCC(=O)C=C1CCN(S(=O)c1ccc(C)cc1)C2. The molecule has 1 aliphatic carbocycles. The summed E-state index contributed by atoms with van der Waals surface area (Å²) >= 11 is 0. The lowest BCUT2D eigenvalue weighted by molar-refractivity contribution is -0.116. The Hall–Kier alpha value is -2.04. The summed E-state index contributed by atoms with van der Waals surface area (Å²) in [4.78, 5) is 13.0. The summed E-state index contributed by atoms with van der Waals surface area (Å²) < 4.78 is 15.4. The van der Waals surface area contributed by atoms with Crippen LogP contribution in [0.5, 0.6) is 0 Å². The Morgan fingerprint density at radius 3 is 2.62 bits per heavy atom. The molecule has 0 amide bonds. The Bertz CT molecular complexity index is 892. The Kier molecular flexibility index (Phi) is 7.20. The number of hydrogen-bond acceptors (Lipinski definition) is 2. The van der Waals surface area contributed by atoms with E-state index in [1.54, 1.807) is 0 Å². The fraction of sp³-hybridized carbons (Fsp3) is 0.400. The number of rotatable bonds is 6. The quantitative estimate of drug-likeness (QED) is 0.585. The zero-order valence-corrected chi connectivity index (χ0v) is 18.5. The van der Waals surface area contributed by atoms with E-state index < -0.39 is 11.0 Å². The number of aryl methyl sites for hydroxylation is 1. The van der Waals surface area contributed by atoms with Gasteiger partial charge in [0, 0.05) is 24.9 Å². The molecule has 1 heterocycles. The highest BCUT2D eigenvalue weighted by Crippen LogP contribution is 2.47. The number of carbonyl (C=O) groups is 1. The van der Waals surface area contributed by atoms with Crippen molar-refractivity contribution >= 4 is 16.8 Å². The lowest BCUT2D eigenvalue weighted by atomic mass is 9.66. The number of hydrogen-bond donors (Lipinski definition) is 0. The average Bonchev–Trinajstić information content (AvgIpc) is 2.72. The van der Waals surface area contributed by atoms with Gasteiger partial charge in [-0.15, -0.1) is 0 Å². The number of carbonyl (C=O) groups excluding carboxylic acids is 1. The first-order valence-corrected chi connectivity index (χ1v) is 11.5. The Morgan fingerprint density at radius 1 is 1.17 bits per heavy atom. The van der Waals surface area contributed by atoms with Gasteiger partial charge >= 0.3 is 0 Å². The van der Waals surface area contributed by atoms with Crippen molar-refractivity contribution in [1.82, 2.24) is 4.31 Å². The third-order valence-electron chi connectivity index (χ3n) is 5.86. The van der Waals surface area contributed by atoms with E-state index in [0.717, 1.165) is 37.2 Å². The fourth-order valence-electron chi connectivity index (χ4n) is 4.32. The van der Waals surface area contributed by atoms with Crippen LogP contribution in [0.25, 0.3) is 0 Å². The molecule has 0 bridgehead atoms. The lowest BCUT2D eigenvalue weighted by Crippen LogP contribution is -2.47. The second-order valence-electron chi connectivity index (χ2n) is 8.04. The molecule has 0 aromatic heterocycles. The summed E-state index contributed by atoms with van der Waals surface area (Å²) in [5.74, 6) is 0.230. The van der Waals surface area contributed by atoms with E-state index in [4.69, 9.17) is 0 Å². The molecule has 2 atom stereocenters. The minimum Gasteiger partial charge on any atom is -0.295 e. The van der Waals surface area contributed by atoms with Crippen molar-refractivity contribution in [3.8, 4) is 0 Å². The molecule has 1 saturated heterocycles. The Morgan fingerprint density at radius 2 is 1.93 bits per heavy atom. The van der Waals surface area contributed by atoms with E-state index in [0.29, 0.717) is 6.42 Å². The second-order valence-corrected chi connectivity index (χ2v) is 9.52. The molecule has 29 heavy (non-hydrogen) atoms. The first-order valence-electron chi connectivity index (χ1n) is 10.4. The first kappa shape index (κ1) is 21.7. The molecule has 154 valence electrons. The van der Waals surface area contributed by atoms with Gasteiger partial charge in [0.25, 0.3) is 0 Å². The van der Waals surface area contributed by atoms with Crippen molar-refractivity contribution in [3.05, 3.63) is 77.4 Å². The van der Waals surface area contributed by atoms with E-state index >= 15 is 0 Å². The van der Waals surface area contributed by atoms with E-state index in [9.17, 15) is 9.00 Å². The van der Waals surface area contributed by atoms with E-state index in [1.807, 2.05) is 57.2 Å². The van der Waals surface area contributed by atoms with Crippen LogP contribution >= 0.6 is 0 Å². The van der Waals surface area contributed by atoms with Crippen LogP contribution in [-0.4, -0.2) is 27.4 Å². The molecule has 2 unspecified atom stereocenters. The predicted molar refractivity (Wildman–Crippen MR) is 121 cm³/mol. The highest BCUT2D eigenvalue weighted by molar-refractivity contribution is 7.82. The van der Waals surface area contributed by atoms with E-state index in [2.05, 4.69) is 28.6 Å². The van der Waals surface area contributed by atoms with Crippen molar-refractivity contribution in [1.29, 1.82) is 0 Å². The second kappa shape index (κ2) is 9.64. The first-order chi connectivity index (χ1) is 14.0. The minimum absolute atomic E-state index is 0.126. The van der Waals surface area contributed by atoms with Crippen molar-refractivity contribution in [3.63, 3.8) is 0 Å². The van der Waals surface area contributed by atoms with Gasteiger partial charge in [-0.3, -0.25) is 4.79 Å². The third kappa shape index (κ3) is 5.12. The van der Waals surface area contributed by atoms with E-state index in [-0.39, 0.29) is 11.2 Å². The summed E-state index contributed by atoms with van der Waals surface area (Å²) in [6, 6.07) is 7.96. The molecule has 1 aliphatic heterocycles. The topological polar surface area (TPSA) is 37.4 Å². The van der Waals surface area contributed by atoms with Gasteiger partial charge in [0.2, 0.25) is 0 Å². The summed E-state index contributed by atoms with van der Waals surface area (Å²) in [6.45, 7) is 7.52. The van der Waals surface area contributed by atoms with Crippen molar-refractivity contribution < 1.29 is 9.00 Å². The largest absolute Gasteiger partial charge is 0.295 e. The zero-order valence-electron chi connectivity index (χ0n) is 17.7. The maximum Gasteiger partial charge on any atom is 0.155 e. The van der Waals surface area contributed by atoms with Gasteiger partial charge in [0.05, 0.1) is 4.90 Å². The molecule has 1 aromatic rings. The standard InChI is InChI=1S/C25H31NO2S/c1-4-6-8-21(7-5-2)18-25-15-13-23(27)17-22(25)14-16-26(19-25)29(28)24-11-9-20(3)10-12-24/h4-12,17H,13-16,18-19H2,1-3H3/b6-4-,7-5-,21-8+. The van der Waals surface area contributed by atoms with Crippen molar-refractivity contribution in [2.45, 2.75) is 51.3 Å². The molecule has 0 spiro atoms. The predicted octanol–water partition coefficient (Wildman–Crippen LogP) is 5.47. The molecule has 3 nitrogen and oxygen atoms in total. The van der Waals surface area contributed by atoms with Crippen molar-refractivity contribution in [2.75, 3.05) is 13.1 Å². The lowest BCUT2D eigenvalue weighted by Gasteiger charge is -2.46. The molecule has 0 N–H and O–H groups in total. The van der Waals surface area contributed by atoms with Crippen molar-refractivity contribution in [2.24, 2.45) is 5.41 Å². The number of fused-ring (bicyclic) bond motifs is 1. The smallest absolute Gasteiger partial charge is 0.155 e. The van der Waals surface area contributed by atoms with Crippen LogP contribution in [0.4, 0.5) is 0 Å². The van der Waals surface area contributed by atoms with Gasteiger partial charge < -0.3 is 0 Å². The van der Waals surface area contributed by atoms with Gasteiger partial charge in [0.15, 0.2) is 5.78 Å². The number of allylic oxidation sites excluding steroid dienone is 7. The molecule has 2 aliphatic rings. The van der Waals surface area contributed by atoms with Gasteiger partial charge in [-0.05, 0) is 63.8 Å². The summed E-state index contributed by atoms with van der Waals surface area (Å²) in [7, 11) is -1.18. The molecule has 3 rings (SSSR count). The van der Waals surface area contributed by atoms with Gasteiger partial charge in [0.1, 0.15) is 11.0 Å². The normalized spacial score (nSPS) is 24.7. The molecule has 0 radical (unpaired) electrons. The van der Waals surface area contributed by atoms with Crippen LogP contribution in [0.15, 0.2) is 76.8 Å². The number of benzene rings is 1. The van der Waals surface area contributed by atoms with Gasteiger partial charge in [-0.2, -0.15) is 0 Å².